The van der Waals surface area contributed by atoms with Crippen LogP contribution in [-0.2, 0) is 0 Å². The molecule has 0 bridgehead atoms. The van der Waals surface area contributed by atoms with Gasteiger partial charge in [-0.05, 0) is 113 Å². The summed E-state index contributed by atoms with van der Waals surface area (Å²) in [5, 5.41) is 21.0. The Kier molecular flexibility index (Phi) is 6.77. The number of hydrogen-bond donors (Lipinski definition) is 0. The molecular weight excluding hydrogens is 637 g/mol. The zero-order chi connectivity index (χ0) is 33.9. The lowest BCUT2D eigenvalue weighted by molar-refractivity contribution is 1.48. The number of para-hydroxylation sites is 1. The highest BCUT2D eigenvalue weighted by atomic mass is 32.1. The van der Waals surface area contributed by atoms with Gasteiger partial charge in [-0.1, -0.05) is 133 Å². The van der Waals surface area contributed by atoms with Crippen molar-refractivity contribution >= 4 is 64.6 Å². The predicted molar refractivity (Wildman–Crippen MR) is 216 cm³/mol. The van der Waals surface area contributed by atoms with E-state index in [0.717, 1.165) is 49.3 Å². The third-order valence-electron chi connectivity index (χ3n) is 10.1. The van der Waals surface area contributed by atoms with Crippen LogP contribution < -0.4 is 0 Å². The van der Waals surface area contributed by atoms with Crippen molar-refractivity contribution in [2.45, 2.75) is 0 Å². The molecule has 0 saturated heterocycles. The van der Waals surface area contributed by atoms with Gasteiger partial charge in [0.15, 0.2) is 0 Å². The highest BCUT2D eigenvalue weighted by Crippen LogP contribution is 2.41. The van der Waals surface area contributed by atoms with Gasteiger partial charge in [-0.3, -0.25) is 0 Å². The van der Waals surface area contributed by atoms with E-state index in [4.69, 9.17) is 4.98 Å². The maximum absolute atomic E-state index is 10.2. The number of rotatable bonds is 4. The van der Waals surface area contributed by atoms with E-state index in [9.17, 15) is 5.26 Å². The van der Waals surface area contributed by atoms with Crippen LogP contribution in [0.15, 0.2) is 170 Å². The first-order valence-electron chi connectivity index (χ1n) is 17.1. The Bertz CT molecular complexity index is 2970. The quantitative estimate of drug-likeness (QED) is 0.176. The Morgan fingerprint density at radius 1 is 0.392 bits per heavy atom. The second kappa shape index (κ2) is 11.8. The van der Waals surface area contributed by atoms with E-state index < -0.39 is 0 Å². The lowest BCUT2D eigenvalue weighted by Crippen LogP contribution is -1.90. The van der Waals surface area contributed by atoms with Gasteiger partial charge in [-0.2, -0.15) is 5.26 Å². The van der Waals surface area contributed by atoms with E-state index in [1.807, 2.05) is 18.2 Å². The van der Waals surface area contributed by atoms with Gasteiger partial charge >= 0.3 is 0 Å². The SMILES string of the molecule is N#Cc1cc(-c2ccc3c4ccccc4c4ccccc4c3c2)cc(-c2ccc(-c3ccc(-c4nc5ccccc5s4)cc3)c3ccccc23)c1. The minimum Gasteiger partial charge on any atom is -0.236 e. The molecule has 0 unspecified atom stereocenters. The van der Waals surface area contributed by atoms with Crippen molar-refractivity contribution in [3.8, 4) is 50.0 Å². The molecule has 0 aliphatic heterocycles. The summed E-state index contributed by atoms with van der Waals surface area (Å²) in [4.78, 5) is 4.86. The summed E-state index contributed by atoms with van der Waals surface area (Å²) in [6.45, 7) is 0. The van der Waals surface area contributed by atoms with E-state index in [-0.39, 0.29) is 0 Å². The second-order valence-electron chi connectivity index (χ2n) is 13.0. The fraction of sp³-hybridized carbons (Fsp3) is 0. The molecule has 0 aliphatic carbocycles. The summed E-state index contributed by atoms with van der Waals surface area (Å²) < 4.78 is 1.20. The topological polar surface area (TPSA) is 36.7 Å². The molecule has 0 N–H and O–H groups in total. The number of fused-ring (bicyclic) bond motifs is 8. The van der Waals surface area contributed by atoms with Gasteiger partial charge in [-0.25, -0.2) is 4.98 Å². The van der Waals surface area contributed by atoms with Gasteiger partial charge in [0, 0.05) is 5.56 Å². The summed E-state index contributed by atoms with van der Waals surface area (Å²) >= 11 is 1.72. The highest BCUT2D eigenvalue weighted by Gasteiger charge is 2.15. The Balaban J connectivity index is 1.08. The summed E-state index contributed by atoms with van der Waals surface area (Å²) in [6.07, 6.45) is 0. The normalized spacial score (nSPS) is 11.5. The molecule has 0 aliphatic rings. The highest BCUT2D eigenvalue weighted by molar-refractivity contribution is 7.21. The number of nitriles is 1. The van der Waals surface area contributed by atoms with E-state index >= 15 is 0 Å². The second-order valence-corrected chi connectivity index (χ2v) is 14.1. The van der Waals surface area contributed by atoms with Gasteiger partial charge in [-0.15, -0.1) is 11.3 Å². The van der Waals surface area contributed by atoms with Crippen LogP contribution in [0.1, 0.15) is 5.56 Å². The summed E-state index contributed by atoms with van der Waals surface area (Å²) in [7, 11) is 0. The van der Waals surface area contributed by atoms with E-state index in [0.29, 0.717) is 5.56 Å². The standard InChI is InChI=1S/C48H28N2S/c49-29-30-25-34(33-21-22-44-42-13-4-3-11-40(42)41-12-5-6-14-43(41)45(44)28-33)27-35(26-30)37-24-23-36(38-9-1-2-10-39(37)38)31-17-19-32(20-18-31)48-50-46-15-7-8-16-47(46)51-48/h1-28H. The van der Waals surface area contributed by atoms with E-state index in [2.05, 4.69) is 158 Å². The molecule has 0 saturated carbocycles. The molecule has 0 fully saturated rings. The third-order valence-corrected chi connectivity index (χ3v) is 11.2. The molecule has 51 heavy (non-hydrogen) atoms. The Labute approximate surface area is 299 Å². The van der Waals surface area contributed by atoms with Crippen molar-refractivity contribution in [1.29, 1.82) is 5.26 Å². The Hall–Kier alpha value is -6.60. The first-order valence-corrected chi connectivity index (χ1v) is 17.9. The fourth-order valence-electron chi connectivity index (χ4n) is 7.69. The molecule has 0 atom stereocenters. The van der Waals surface area contributed by atoms with Crippen LogP contribution in [0, 0.1) is 11.3 Å². The molecule has 0 radical (unpaired) electrons. The number of hydrogen-bond acceptors (Lipinski definition) is 3. The first kappa shape index (κ1) is 29.3. The molecule has 236 valence electrons. The smallest absolute Gasteiger partial charge is 0.124 e. The molecule has 0 amide bonds. The Morgan fingerprint density at radius 3 is 1.55 bits per heavy atom. The van der Waals surface area contributed by atoms with Crippen LogP contribution >= 0.6 is 11.3 Å². The predicted octanol–water partition coefficient (Wildman–Crippen LogP) is 13.4. The molecule has 10 rings (SSSR count). The van der Waals surface area contributed by atoms with Gasteiger partial charge in [0.05, 0.1) is 21.8 Å². The number of aromatic nitrogens is 1. The van der Waals surface area contributed by atoms with Crippen LogP contribution in [0.25, 0.3) is 97.3 Å². The van der Waals surface area contributed by atoms with Crippen molar-refractivity contribution in [2.75, 3.05) is 0 Å². The van der Waals surface area contributed by atoms with Crippen molar-refractivity contribution in [1.82, 2.24) is 4.98 Å². The third kappa shape index (κ3) is 4.88. The summed E-state index contributed by atoms with van der Waals surface area (Å²) in [5.74, 6) is 0. The monoisotopic (exact) mass is 664 g/mol. The van der Waals surface area contributed by atoms with Gasteiger partial charge in [0.25, 0.3) is 0 Å². The lowest BCUT2D eigenvalue weighted by Gasteiger charge is -2.15. The molecule has 2 nitrogen and oxygen atoms in total. The molecular formula is C48H28N2S. The van der Waals surface area contributed by atoms with Crippen LogP contribution in [0.4, 0.5) is 0 Å². The van der Waals surface area contributed by atoms with Crippen molar-refractivity contribution in [3.05, 3.63) is 175 Å². The zero-order valence-corrected chi connectivity index (χ0v) is 28.3. The van der Waals surface area contributed by atoms with Crippen LogP contribution in [-0.4, -0.2) is 4.98 Å². The van der Waals surface area contributed by atoms with Crippen molar-refractivity contribution < 1.29 is 0 Å². The average molecular weight is 665 g/mol. The summed E-state index contributed by atoms with van der Waals surface area (Å²) in [5.41, 5.74) is 9.39. The number of benzene rings is 9. The largest absolute Gasteiger partial charge is 0.236 e. The van der Waals surface area contributed by atoms with Gasteiger partial charge in [0.2, 0.25) is 0 Å². The fourth-order valence-corrected chi connectivity index (χ4v) is 8.66. The van der Waals surface area contributed by atoms with Gasteiger partial charge in [0.1, 0.15) is 5.01 Å². The molecule has 1 aromatic heterocycles. The number of nitrogens with zero attached hydrogens (tertiary/aromatic N) is 2. The average Bonchev–Trinajstić information content (AvgIpc) is 3.65. The van der Waals surface area contributed by atoms with Gasteiger partial charge < -0.3 is 0 Å². The molecule has 9 aromatic carbocycles. The zero-order valence-electron chi connectivity index (χ0n) is 27.5. The van der Waals surface area contributed by atoms with Crippen molar-refractivity contribution in [3.63, 3.8) is 0 Å². The van der Waals surface area contributed by atoms with E-state index in [1.54, 1.807) is 11.3 Å². The molecule has 0 spiro atoms. The minimum atomic E-state index is 0.643. The molecule has 1 heterocycles. The first-order chi connectivity index (χ1) is 25.2. The maximum Gasteiger partial charge on any atom is 0.124 e. The van der Waals surface area contributed by atoms with Crippen LogP contribution in [0.3, 0.4) is 0 Å². The minimum absolute atomic E-state index is 0.643. The number of thiazole rings is 1. The van der Waals surface area contributed by atoms with E-state index in [1.165, 1.54) is 48.0 Å². The lowest BCUT2D eigenvalue weighted by atomic mass is 9.89. The molecule has 10 aromatic rings. The Morgan fingerprint density at radius 2 is 0.902 bits per heavy atom. The maximum atomic E-state index is 10.2. The summed E-state index contributed by atoms with van der Waals surface area (Å²) in [6, 6.07) is 62.8. The molecule has 3 heteroatoms. The van der Waals surface area contributed by atoms with Crippen LogP contribution in [0.2, 0.25) is 0 Å². The van der Waals surface area contributed by atoms with Crippen molar-refractivity contribution in [2.24, 2.45) is 0 Å². The van der Waals surface area contributed by atoms with Crippen LogP contribution in [0.5, 0.6) is 0 Å².